The van der Waals surface area contributed by atoms with Gasteiger partial charge in [-0.25, -0.2) is 0 Å². The molecule has 0 bridgehead atoms. The van der Waals surface area contributed by atoms with Crippen molar-refractivity contribution >= 4 is 11.4 Å². The summed E-state index contributed by atoms with van der Waals surface area (Å²) in [6, 6.07) is 10.7. The van der Waals surface area contributed by atoms with Crippen LogP contribution in [-0.4, -0.2) is 11.5 Å². The highest BCUT2D eigenvalue weighted by Crippen LogP contribution is 2.26. The summed E-state index contributed by atoms with van der Waals surface area (Å²) >= 11 is 0. The predicted molar refractivity (Wildman–Crippen MR) is 79.6 cm³/mol. The van der Waals surface area contributed by atoms with Crippen LogP contribution in [0, 0.1) is 6.92 Å². The third kappa shape index (κ3) is 2.70. The molecule has 0 saturated carbocycles. The summed E-state index contributed by atoms with van der Waals surface area (Å²) in [7, 11) is 0. The van der Waals surface area contributed by atoms with Crippen molar-refractivity contribution in [2.75, 3.05) is 17.2 Å². The first-order valence-electron chi connectivity index (χ1n) is 6.84. The van der Waals surface area contributed by atoms with Gasteiger partial charge in [-0.1, -0.05) is 18.2 Å². The fraction of sp³-hybridized carbons (Fsp3) is 0.312. The third-order valence-corrected chi connectivity index (χ3v) is 3.56. The number of anilines is 2. The van der Waals surface area contributed by atoms with Gasteiger partial charge in [-0.05, 0) is 43.0 Å². The van der Waals surface area contributed by atoms with E-state index in [1.807, 2.05) is 19.2 Å². The number of nitrogens with zero attached hydrogens (tertiary/aromatic N) is 1. The summed E-state index contributed by atoms with van der Waals surface area (Å²) in [6.07, 6.45) is 4.30. The molecule has 2 N–H and O–H groups in total. The highest BCUT2D eigenvalue weighted by Gasteiger charge is 2.11. The van der Waals surface area contributed by atoms with E-state index < -0.39 is 0 Å². The molecule has 1 aliphatic rings. The maximum absolute atomic E-state index is 4.30. The molecule has 0 atom stereocenters. The molecule has 2 heterocycles. The average molecular weight is 253 g/mol. The molecule has 2 aromatic rings. The van der Waals surface area contributed by atoms with E-state index in [9.17, 15) is 0 Å². The van der Waals surface area contributed by atoms with Crippen LogP contribution in [0.3, 0.4) is 0 Å². The monoisotopic (exact) mass is 253 g/mol. The van der Waals surface area contributed by atoms with Gasteiger partial charge in [0.2, 0.25) is 0 Å². The van der Waals surface area contributed by atoms with Gasteiger partial charge in [-0.15, -0.1) is 0 Å². The number of benzene rings is 1. The number of nitrogens with one attached hydrogen (secondary N) is 2. The molecule has 98 valence electrons. The van der Waals surface area contributed by atoms with Crippen molar-refractivity contribution in [1.82, 2.24) is 4.98 Å². The van der Waals surface area contributed by atoms with Crippen LogP contribution in [0.2, 0.25) is 0 Å². The summed E-state index contributed by atoms with van der Waals surface area (Å²) in [4.78, 5) is 4.30. The van der Waals surface area contributed by atoms with Gasteiger partial charge in [0.15, 0.2) is 0 Å². The molecule has 19 heavy (non-hydrogen) atoms. The van der Waals surface area contributed by atoms with Gasteiger partial charge >= 0.3 is 0 Å². The van der Waals surface area contributed by atoms with E-state index in [1.54, 1.807) is 0 Å². The molecule has 3 rings (SSSR count). The molecule has 0 spiro atoms. The van der Waals surface area contributed by atoms with Gasteiger partial charge in [-0.3, -0.25) is 4.98 Å². The Morgan fingerprint density at radius 2 is 2.21 bits per heavy atom. The van der Waals surface area contributed by atoms with Crippen LogP contribution in [0.1, 0.15) is 23.2 Å². The summed E-state index contributed by atoms with van der Waals surface area (Å²) in [5.74, 6) is 0. The number of fused-ring (bicyclic) bond motifs is 1. The Balaban J connectivity index is 1.75. The van der Waals surface area contributed by atoms with Crippen molar-refractivity contribution in [2.24, 2.45) is 0 Å². The molecule has 0 fully saturated rings. The zero-order chi connectivity index (χ0) is 13.1. The van der Waals surface area contributed by atoms with Crippen LogP contribution in [0.15, 0.2) is 36.5 Å². The summed E-state index contributed by atoms with van der Waals surface area (Å²) < 4.78 is 0. The predicted octanol–water partition coefficient (Wildman–Crippen LogP) is 3.36. The van der Waals surface area contributed by atoms with Crippen molar-refractivity contribution in [3.8, 4) is 0 Å². The van der Waals surface area contributed by atoms with E-state index >= 15 is 0 Å². The number of pyridine rings is 1. The summed E-state index contributed by atoms with van der Waals surface area (Å²) in [6.45, 7) is 3.91. The Morgan fingerprint density at radius 3 is 3.05 bits per heavy atom. The average Bonchev–Trinajstić information content (AvgIpc) is 2.47. The fourth-order valence-electron chi connectivity index (χ4n) is 2.50. The molecule has 0 radical (unpaired) electrons. The highest BCUT2D eigenvalue weighted by molar-refractivity contribution is 5.60. The molecule has 0 unspecified atom stereocenters. The van der Waals surface area contributed by atoms with Crippen molar-refractivity contribution < 1.29 is 0 Å². The van der Waals surface area contributed by atoms with Crippen LogP contribution in [0.25, 0.3) is 0 Å². The number of aromatic nitrogens is 1. The molecule has 1 aromatic heterocycles. The lowest BCUT2D eigenvalue weighted by molar-refractivity contribution is 0.825. The number of rotatable bonds is 3. The molecule has 1 aliphatic heterocycles. The third-order valence-electron chi connectivity index (χ3n) is 3.56. The molecule has 3 heteroatoms. The first kappa shape index (κ1) is 12.0. The molecule has 3 nitrogen and oxygen atoms in total. The normalized spacial score (nSPS) is 13.5. The van der Waals surface area contributed by atoms with Crippen LogP contribution in [-0.2, 0) is 13.0 Å². The van der Waals surface area contributed by atoms with Gasteiger partial charge in [-0.2, -0.15) is 0 Å². The van der Waals surface area contributed by atoms with E-state index in [-0.39, 0.29) is 0 Å². The SMILES string of the molecule is Cc1ccc(NCc2cccc3c2NCCC3)cn1. The Hall–Kier alpha value is -2.03. The second kappa shape index (κ2) is 5.31. The Labute approximate surface area is 114 Å². The van der Waals surface area contributed by atoms with Crippen molar-refractivity contribution in [1.29, 1.82) is 0 Å². The van der Waals surface area contributed by atoms with Gasteiger partial charge in [0.25, 0.3) is 0 Å². The summed E-state index contributed by atoms with van der Waals surface area (Å²) in [5, 5.41) is 6.96. The first-order valence-corrected chi connectivity index (χ1v) is 6.84. The molecular weight excluding hydrogens is 234 g/mol. The van der Waals surface area contributed by atoms with Crippen LogP contribution >= 0.6 is 0 Å². The minimum absolute atomic E-state index is 0.834. The largest absolute Gasteiger partial charge is 0.385 e. The lowest BCUT2D eigenvalue weighted by Crippen LogP contribution is -2.15. The molecule has 0 aliphatic carbocycles. The molecule has 1 aromatic carbocycles. The van der Waals surface area contributed by atoms with Gasteiger partial charge in [0.1, 0.15) is 0 Å². The lowest BCUT2D eigenvalue weighted by atomic mass is 9.99. The van der Waals surface area contributed by atoms with Crippen LogP contribution in [0.4, 0.5) is 11.4 Å². The van der Waals surface area contributed by atoms with Crippen LogP contribution < -0.4 is 10.6 Å². The highest BCUT2D eigenvalue weighted by atomic mass is 14.9. The maximum Gasteiger partial charge on any atom is 0.0529 e. The fourth-order valence-corrected chi connectivity index (χ4v) is 2.50. The van der Waals surface area contributed by atoms with Crippen molar-refractivity contribution in [3.05, 3.63) is 53.3 Å². The van der Waals surface area contributed by atoms with Gasteiger partial charge in [0, 0.05) is 24.5 Å². The second-order valence-electron chi connectivity index (χ2n) is 5.02. The smallest absolute Gasteiger partial charge is 0.0529 e. The number of para-hydroxylation sites is 1. The second-order valence-corrected chi connectivity index (χ2v) is 5.02. The maximum atomic E-state index is 4.30. The van der Waals surface area contributed by atoms with Gasteiger partial charge in [0.05, 0.1) is 11.9 Å². The molecular formula is C16H19N3. The minimum Gasteiger partial charge on any atom is -0.385 e. The summed E-state index contributed by atoms with van der Waals surface area (Å²) in [5.41, 5.74) is 6.20. The number of hydrogen-bond acceptors (Lipinski definition) is 3. The Morgan fingerprint density at radius 1 is 1.26 bits per heavy atom. The quantitative estimate of drug-likeness (QED) is 0.880. The van der Waals surface area contributed by atoms with Crippen LogP contribution in [0.5, 0.6) is 0 Å². The number of aryl methyl sites for hydroxylation is 2. The standard InChI is InChI=1S/C16H19N3/c1-12-7-8-15(11-18-12)19-10-14-5-2-4-13-6-3-9-17-16(13)14/h2,4-5,7-8,11,17,19H,3,6,9-10H2,1H3. The van der Waals surface area contributed by atoms with E-state index in [1.165, 1.54) is 29.7 Å². The minimum atomic E-state index is 0.834. The zero-order valence-corrected chi connectivity index (χ0v) is 11.2. The van der Waals surface area contributed by atoms with Crippen molar-refractivity contribution in [3.63, 3.8) is 0 Å². The molecule has 0 saturated heterocycles. The first-order chi connectivity index (χ1) is 9.33. The number of hydrogen-bond donors (Lipinski definition) is 2. The van der Waals surface area contributed by atoms with Crippen molar-refractivity contribution in [2.45, 2.75) is 26.3 Å². The van der Waals surface area contributed by atoms with E-state index in [2.05, 4.69) is 39.9 Å². The zero-order valence-electron chi connectivity index (χ0n) is 11.2. The Kier molecular flexibility index (Phi) is 3.36. The van der Waals surface area contributed by atoms with Gasteiger partial charge < -0.3 is 10.6 Å². The van der Waals surface area contributed by atoms with E-state index in [0.717, 1.165) is 24.5 Å². The lowest BCUT2D eigenvalue weighted by Gasteiger charge is -2.21. The molecule has 0 amide bonds. The topological polar surface area (TPSA) is 37.0 Å². The van der Waals surface area contributed by atoms with E-state index in [4.69, 9.17) is 0 Å². The Bertz CT molecular complexity index is 561. The van der Waals surface area contributed by atoms with E-state index in [0.29, 0.717) is 0 Å².